The first-order chi connectivity index (χ1) is 9.06. The van der Waals surface area contributed by atoms with E-state index in [0.717, 1.165) is 16.6 Å². The summed E-state index contributed by atoms with van der Waals surface area (Å²) in [6.07, 6.45) is 0. The maximum atomic E-state index is 10.6. The van der Waals surface area contributed by atoms with Gasteiger partial charge in [-0.1, -0.05) is 12.1 Å². The summed E-state index contributed by atoms with van der Waals surface area (Å²) in [5, 5.41) is 16.0. The standard InChI is InChI=1S/C13H13BrN2O2S/c1-9(15-7-13-6-11(14)8-19-13)10-2-4-12(5-3-10)16(17)18/h2-6,8-9,15H,7H2,1H3. The Morgan fingerprint density at radius 2 is 2.11 bits per heavy atom. The van der Waals surface area contributed by atoms with Gasteiger partial charge in [0.2, 0.25) is 0 Å². The van der Waals surface area contributed by atoms with Crippen molar-refractivity contribution in [2.45, 2.75) is 19.5 Å². The van der Waals surface area contributed by atoms with Crippen molar-refractivity contribution in [3.63, 3.8) is 0 Å². The summed E-state index contributed by atoms with van der Waals surface area (Å²) in [5.74, 6) is 0. The second-order valence-electron chi connectivity index (χ2n) is 4.18. The van der Waals surface area contributed by atoms with Crippen molar-refractivity contribution >= 4 is 33.0 Å². The quantitative estimate of drug-likeness (QED) is 0.653. The molecule has 1 N–H and O–H groups in total. The number of hydrogen-bond donors (Lipinski definition) is 1. The molecule has 0 spiro atoms. The number of nitrogens with one attached hydrogen (secondary N) is 1. The summed E-state index contributed by atoms with van der Waals surface area (Å²) in [6, 6.07) is 8.90. The number of nitro groups is 1. The second kappa shape index (κ2) is 6.27. The van der Waals surface area contributed by atoms with E-state index in [0.29, 0.717) is 0 Å². The first-order valence-electron chi connectivity index (χ1n) is 5.77. The molecule has 0 aliphatic carbocycles. The average Bonchev–Trinajstić information content (AvgIpc) is 2.82. The molecule has 1 aromatic carbocycles. The molecule has 100 valence electrons. The van der Waals surface area contributed by atoms with Gasteiger partial charge in [0.05, 0.1) is 4.92 Å². The molecular weight excluding hydrogens is 328 g/mol. The highest BCUT2D eigenvalue weighted by atomic mass is 79.9. The zero-order chi connectivity index (χ0) is 13.8. The minimum absolute atomic E-state index is 0.123. The van der Waals surface area contributed by atoms with E-state index in [1.54, 1.807) is 23.5 Å². The van der Waals surface area contributed by atoms with Gasteiger partial charge in [-0.25, -0.2) is 0 Å². The highest BCUT2D eigenvalue weighted by molar-refractivity contribution is 9.10. The van der Waals surface area contributed by atoms with Crippen LogP contribution in [0, 0.1) is 10.1 Å². The number of nitro benzene ring substituents is 1. The fourth-order valence-corrected chi connectivity index (χ4v) is 3.10. The third-order valence-corrected chi connectivity index (χ3v) is 4.51. The Balaban J connectivity index is 1.95. The normalized spacial score (nSPS) is 12.3. The molecule has 6 heteroatoms. The largest absolute Gasteiger partial charge is 0.305 e. The Bertz CT molecular complexity index is 568. The summed E-state index contributed by atoms with van der Waals surface area (Å²) in [7, 11) is 0. The average molecular weight is 341 g/mol. The molecule has 1 unspecified atom stereocenters. The van der Waals surface area contributed by atoms with Crippen LogP contribution >= 0.6 is 27.3 Å². The summed E-state index contributed by atoms with van der Waals surface area (Å²) in [5.41, 5.74) is 1.17. The monoisotopic (exact) mass is 340 g/mol. The van der Waals surface area contributed by atoms with Gasteiger partial charge < -0.3 is 5.32 Å². The van der Waals surface area contributed by atoms with Crippen LogP contribution < -0.4 is 5.32 Å². The van der Waals surface area contributed by atoms with E-state index in [9.17, 15) is 10.1 Å². The topological polar surface area (TPSA) is 55.2 Å². The molecule has 0 saturated heterocycles. The number of nitrogens with zero attached hydrogens (tertiary/aromatic N) is 1. The molecule has 2 aromatic rings. The van der Waals surface area contributed by atoms with E-state index in [2.05, 4.69) is 27.3 Å². The third kappa shape index (κ3) is 3.86. The molecule has 2 rings (SSSR count). The molecule has 0 fully saturated rings. The summed E-state index contributed by atoms with van der Waals surface area (Å²) in [4.78, 5) is 11.4. The molecule has 0 aliphatic rings. The van der Waals surface area contributed by atoms with Crippen LogP contribution in [0.5, 0.6) is 0 Å². The van der Waals surface area contributed by atoms with Gasteiger partial charge >= 0.3 is 0 Å². The van der Waals surface area contributed by atoms with Gasteiger partial charge in [-0.3, -0.25) is 10.1 Å². The van der Waals surface area contributed by atoms with E-state index in [4.69, 9.17) is 0 Å². The SMILES string of the molecule is CC(NCc1cc(Br)cs1)c1ccc([N+](=O)[O-])cc1. The number of halogens is 1. The first-order valence-corrected chi connectivity index (χ1v) is 7.44. The zero-order valence-corrected chi connectivity index (χ0v) is 12.7. The highest BCUT2D eigenvalue weighted by Gasteiger charge is 2.09. The van der Waals surface area contributed by atoms with Crippen molar-refractivity contribution in [1.82, 2.24) is 5.32 Å². The lowest BCUT2D eigenvalue weighted by atomic mass is 10.1. The maximum Gasteiger partial charge on any atom is 0.269 e. The van der Waals surface area contributed by atoms with E-state index in [1.165, 1.54) is 17.0 Å². The lowest BCUT2D eigenvalue weighted by molar-refractivity contribution is -0.384. The van der Waals surface area contributed by atoms with Crippen molar-refractivity contribution in [3.05, 3.63) is 60.7 Å². The summed E-state index contributed by atoms with van der Waals surface area (Å²) >= 11 is 5.12. The van der Waals surface area contributed by atoms with Gasteiger partial charge in [0.1, 0.15) is 0 Å². The molecular formula is C13H13BrN2O2S. The minimum atomic E-state index is -0.384. The van der Waals surface area contributed by atoms with Gasteiger partial charge in [-0.05, 0) is 34.5 Å². The van der Waals surface area contributed by atoms with Crippen LogP contribution in [0.3, 0.4) is 0 Å². The molecule has 4 nitrogen and oxygen atoms in total. The molecule has 1 heterocycles. The Kier molecular flexibility index (Phi) is 4.68. The number of benzene rings is 1. The molecule has 19 heavy (non-hydrogen) atoms. The summed E-state index contributed by atoms with van der Waals surface area (Å²) < 4.78 is 1.09. The Morgan fingerprint density at radius 1 is 1.42 bits per heavy atom. The predicted molar refractivity (Wildman–Crippen MR) is 80.4 cm³/mol. The van der Waals surface area contributed by atoms with Crippen molar-refractivity contribution in [2.24, 2.45) is 0 Å². The van der Waals surface area contributed by atoms with Crippen LogP contribution in [0.4, 0.5) is 5.69 Å². The van der Waals surface area contributed by atoms with Gasteiger partial charge in [0, 0.05) is 39.4 Å². The van der Waals surface area contributed by atoms with Crippen LogP contribution in [0.1, 0.15) is 23.4 Å². The van der Waals surface area contributed by atoms with Gasteiger partial charge in [0.15, 0.2) is 0 Å². The number of rotatable bonds is 5. The van der Waals surface area contributed by atoms with Gasteiger partial charge in [-0.15, -0.1) is 11.3 Å². The van der Waals surface area contributed by atoms with E-state index >= 15 is 0 Å². The lowest BCUT2D eigenvalue weighted by Crippen LogP contribution is -2.17. The van der Waals surface area contributed by atoms with Crippen molar-refractivity contribution in [3.8, 4) is 0 Å². The molecule has 0 aliphatic heterocycles. The molecule has 0 bridgehead atoms. The third-order valence-electron chi connectivity index (χ3n) is 2.81. The molecule has 1 atom stereocenters. The first kappa shape index (κ1) is 14.2. The van der Waals surface area contributed by atoms with Crippen molar-refractivity contribution in [1.29, 1.82) is 0 Å². The van der Waals surface area contributed by atoms with E-state index in [1.807, 2.05) is 12.3 Å². The fourth-order valence-electron chi connectivity index (χ4n) is 1.70. The van der Waals surface area contributed by atoms with Crippen LogP contribution in [0.25, 0.3) is 0 Å². The fraction of sp³-hybridized carbons (Fsp3) is 0.231. The lowest BCUT2D eigenvalue weighted by Gasteiger charge is -2.13. The maximum absolute atomic E-state index is 10.6. The molecule has 1 aromatic heterocycles. The predicted octanol–water partition coefficient (Wildman–Crippen LogP) is 4.27. The number of thiophene rings is 1. The van der Waals surface area contributed by atoms with E-state index in [-0.39, 0.29) is 16.7 Å². The molecule has 0 saturated carbocycles. The molecule has 0 amide bonds. The molecule has 0 radical (unpaired) electrons. The van der Waals surface area contributed by atoms with Gasteiger partial charge in [-0.2, -0.15) is 0 Å². The summed E-state index contributed by atoms with van der Waals surface area (Å²) in [6.45, 7) is 2.83. The van der Waals surface area contributed by atoms with Crippen LogP contribution in [-0.2, 0) is 6.54 Å². The number of non-ortho nitro benzene ring substituents is 1. The van der Waals surface area contributed by atoms with Crippen LogP contribution in [0.15, 0.2) is 40.2 Å². The highest BCUT2D eigenvalue weighted by Crippen LogP contribution is 2.21. The Labute approximate surface area is 123 Å². The second-order valence-corrected chi connectivity index (χ2v) is 6.09. The minimum Gasteiger partial charge on any atom is -0.305 e. The van der Waals surface area contributed by atoms with E-state index < -0.39 is 0 Å². The van der Waals surface area contributed by atoms with Crippen molar-refractivity contribution in [2.75, 3.05) is 0 Å². The van der Waals surface area contributed by atoms with Gasteiger partial charge in [0.25, 0.3) is 5.69 Å². The van der Waals surface area contributed by atoms with Crippen molar-refractivity contribution < 1.29 is 4.92 Å². The zero-order valence-electron chi connectivity index (χ0n) is 10.3. The van der Waals surface area contributed by atoms with Crippen LogP contribution in [0.2, 0.25) is 0 Å². The Morgan fingerprint density at radius 3 is 2.63 bits per heavy atom. The smallest absolute Gasteiger partial charge is 0.269 e. The van der Waals surface area contributed by atoms with Crippen LogP contribution in [-0.4, -0.2) is 4.92 Å². The number of hydrogen-bond acceptors (Lipinski definition) is 4. The Hall–Kier alpha value is -1.24.